The van der Waals surface area contributed by atoms with Crippen molar-refractivity contribution in [2.24, 2.45) is 4.99 Å². The van der Waals surface area contributed by atoms with Crippen LogP contribution < -0.4 is 10.1 Å². The lowest BCUT2D eigenvalue weighted by Crippen LogP contribution is -2.56. The molecule has 0 radical (unpaired) electrons. The average molecular weight is 422 g/mol. The van der Waals surface area contributed by atoms with Gasteiger partial charge in [-0.15, -0.1) is 13.2 Å². The Hall–Kier alpha value is -3.56. The van der Waals surface area contributed by atoms with Crippen LogP contribution in [0.3, 0.4) is 0 Å². The molecule has 2 aromatic rings. The predicted molar refractivity (Wildman–Crippen MR) is 103 cm³/mol. The number of ether oxygens (including phenoxy) is 1. The van der Waals surface area contributed by atoms with E-state index in [1.165, 1.54) is 29.2 Å². The molecule has 1 aliphatic rings. The van der Waals surface area contributed by atoms with Crippen LogP contribution in [0.25, 0.3) is 0 Å². The van der Waals surface area contributed by atoms with Crippen LogP contribution in [0, 0.1) is 5.82 Å². The summed E-state index contributed by atoms with van der Waals surface area (Å²) in [6.07, 6.45) is -5.47. The van der Waals surface area contributed by atoms with E-state index in [1.54, 1.807) is 32.3 Å². The van der Waals surface area contributed by atoms with Crippen molar-refractivity contribution in [1.29, 1.82) is 0 Å². The number of hydrogen-bond acceptors (Lipinski definition) is 5. The zero-order chi connectivity index (χ0) is 21.9. The Kier molecular flexibility index (Phi) is 5.95. The number of amidine groups is 1. The van der Waals surface area contributed by atoms with Crippen LogP contribution in [0.5, 0.6) is 5.75 Å². The second-order valence-electron chi connectivity index (χ2n) is 6.48. The molecule has 30 heavy (non-hydrogen) atoms. The van der Waals surface area contributed by atoms with Crippen molar-refractivity contribution in [2.45, 2.75) is 12.5 Å². The fourth-order valence-electron chi connectivity index (χ4n) is 2.64. The maximum absolute atomic E-state index is 13.9. The number of anilines is 1. The Morgan fingerprint density at radius 1 is 1.10 bits per heavy atom. The molecule has 0 aromatic heterocycles. The van der Waals surface area contributed by atoms with Gasteiger partial charge in [-0.05, 0) is 36.4 Å². The van der Waals surface area contributed by atoms with Crippen molar-refractivity contribution >= 4 is 17.4 Å². The first-order valence-corrected chi connectivity index (χ1v) is 8.77. The number of amides is 1. The van der Waals surface area contributed by atoms with Gasteiger partial charge in [0.1, 0.15) is 17.4 Å². The van der Waals surface area contributed by atoms with Crippen LogP contribution in [0.15, 0.2) is 71.5 Å². The lowest BCUT2D eigenvalue weighted by molar-refractivity contribution is -0.243. The van der Waals surface area contributed by atoms with E-state index in [9.17, 15) is 22.4 Å². The maximum atomic E-state index is 13.9. The van der Waals surface area contributed by atoms with Crippen LogP contribution in [0.4, 0.5) is 23.2 Å². The van der Waals surface area contributed by atoms with E-state index >= 15 is 0 Å². The Labute approximate surface area is 170 Å². The van der Waals surface area contributed by atoms with Crippen LogP contribution in [-0.4, -0.2) is 48.2 Å². The minimum Gasteiger partial charge on any atom is -0.466 e. The number of para-hydroxylation sites is 1. The number of halogens is 4. The maximum Gasteiger partial charge on any atom is 0.489 e. The van der Waals surface area contributed by atoms with E-state index in [0.29, 0.717) is 0 Å². The summed E-state index contributed by atoms with van der Waals surface area (Å²) in [5, 5.41) is 2.31. The lowest BCUT2D eigenvalue weighted by atomic mass is 10.2. The Morgan fingerprint density at radius 2 is 1.73 bits per heavy atom. The highest BCUT2D eigenvalue weighted by Crippen LogP contribution is 2.31. The summed E-state index contributed by atoms with van der Waals surface area (Å²) in [6.45, 7) is 0. The molecular weight excluding hydrogens is 404 g/mol. The third-order valence-electron chi connectivity index (χ3n) is 4.03. The molecular formula is C20H18F4N4O2. The van der Waals surface area contributed by atoms with Crippen molar-refractivity contribution in [3.8, 4) is 5.75 Å². The van der Waals surface area contributed by atoms with E-state index in [4.69, 9.17) is 4.74 Å². The third kappa shape index (κ3) is 4.88. The van der Waals surface area contributed by atoms with Crippen molar-refractivity contribution in [2.75, 3.05) is 19.4 Å². The first-order chi connectivity index (χ1) is 14.1. The molecule has 1 aliphatic heterocycles. The van der Waals surface area contributed by atoms with Gasteiger partial charge in [-0.1, -0.05) is 18.2 Å². The monoisotopic (exact) mass is 422 g/mol. The lowest BCUT2D eigenvalue weighted by Gasteiger charge is -2.36. The quantitative estimate of drug-likeness (QED) is 0.588. The molecule has 0 spiro atoms. The number of alkyl halides is 3. The number of carbonyl (C=O) groups is 1. The van der Waals surface area contributed by atoms with E-state index in [2.05, 4.69) is 10.3 Å². The van der Waals surface area contributed by atoms with Crippen LogP contribution in [0.2, 0.25) is 0 Å². The Morgan fingerprint density at radius 3 is 2.30 bits per heavy atom. The number of nitrogens with zero attached hydrogens (tertiary/aromatic N) is 3. The van der Waals surface area contributed by atoms with Gasteiger partial charge in [0.2, 0.25) is 12.1 Å². The van der Waals surface area contributed by atoms with Crippen molar-refractivity contribution in [3.05, 3.63) is 72.3 Å². The molecule has 6 nitrogen and oxygen atoms in total. The first-order valence-electron chi connectivity index (χ1n) is 8.77. The van der Waals surface area contributed by atoms with Gasteiger partial charge in [-0.2, -0.15) is 0 Å². The molecule has 158 valence electrons. The van der Waals surface area contributed by atoms with Crippen molar-refractivity contribution in [1.82, 2.24) is 9.80 Å². The molecule has 1 unspecified atom stereocenters. The molecule has 0 saturated heterocycles. The van der Waals surface area contributed by atoms with E-state index in [1.807, 2.05) is 0 Å². The fourth-order valence-corrected chi connectivity index (χ4v) is 2.64. The predicted octanol–water partition coefficient (Wildman–Crippen LogP) is 3.81. The SMILES string of the molecule is CN(C)C1=CC(Oc2ccccc2)N(C(F)(F)F)C(C(=O)Nc2ccc(F)cc2)=N1. The summed E-state index contributed by atoms with van der Waals surface area (Å²) >= 11 is 0. The number of aliphatic imine (C=N–C) groups is 1. The summed E-state index contributed by atoms with van der Waals surface area (Å²) in [4.78, 5) is 17.9. The highest BCUT2D eigenvalue weighted by Gasteiger charge is 2.49. The Bertz CT molecular complexity index is 957. The topological polar surface area (TPSA) is 57.2 Å². The molecule has 0 aliphatic carbocycles. The fraction of sp³-hybridized carbons (Fsp3) is 0.200. The van der Waals surface area contributed by atoms with Gasteiger partial charge < -0.3 is 15.0 Å². The summed E-state index contributed by atoms with van der Waals surface area (Å²) in [5.41, 5.74) is 0.118. The number of rotatable bonds is 5. The van der Waals surface area contributed by atoms with E-state index in [0.717, 1.165) is 18.2 Å². The van der Waals surface area contributed by atoms with Crippen LogP contribution >= 0.6 is 0 Å². The molecule has 0 saturated carbocycles. The normalized spacial score (nSPS) is 16.5. The minimum atomic E-state index is -4.97. The zero-order valence-corrected chi connectivity index (χ0v) is 16.0. The van der Waals surface area contributed by atoms with Gasteiger partial charge in [-0.3, -0.25) is 4.79 Å². The van der Waals surface area contributed by atoms with E-state index in [-0.39, 0.29) is 22.2 Å². The van der Waals surface area contributed by atoms with Crippen LogP contribution in [-0.2, 0) is 4.79 Å². The van der Waals surface area contributed by atoms with Gasteiger partial charge in [0.25, 0.3) is 5.91 Å². The number of carbonyl (C=O) groups excluding carboxylic acids is 1. The number of benzene rings is 2. The van der Waals surface area contributed by atoms with Gasteiger partial charge in [0, 0.05) is 25.9 Å². The van der Waals surface area contributed by atoms with E-state index < -0.39 is 30.1 Å². The number of hydrogen-bond donors (Lipinski definition) is 1. The van der Waals surface area contributed by atoms with Gasteiger partial charge in [0.05, 0.1) is 0 Å². The summed E-state index contributed by atoms with van der Waals surface area (Å²) in [7, 11) is 3.15. The van der Waals surface area contributed by atoms with Crippen molar-refractivity contribution in [3.63, 3.8) is 0 Å². The van der Waals surface area contributed by atoms with Crippen molar-refractivity contribution < 1.29 is 27.1 Å². The largest absolute Gasteiger partial charge is 0.489 e. The third-order valence-corrected chi connectivity index (χ3v) is 4.03. The molecule has 1 heterocycles. The molecule has 2 aromatic carbocycles. The Balaban J connectivity index is 1.97. The number of nitrogens with one attached hydrogen (secondary N) is 1. The summed E-state index contributed by atoms with van der Waals surface area (Å²) in [6, 6.07) is 12.5. The highest BCUT2D eigenvalue weighted by molar-refractivity contribution is 6.42. The summed E-state index contributed by atoms with van der Waals surface area (Å²) in [5.74, 6) is -2.27. The molecule has 1 amide bonds. The van der Waals surface area contributed by atoms with Gasteiger partial charge in [-0.25, -0.2) is 14.3 Å². The smallest absolute Gasteiger partial charge is 0.466 e. The molecule has 1 N–H and O–H groups in total. The minimum absolute atomic E-state index is 0.112. The molecule has 0 bridgehead atoms. The standard InChI is InChI=1S/C20H18F4N4O2/c1-27(2)16-12-17(30-15-6-4-3-5-7-15)28(20(22,23)24)18(26-16)19(29)25-14-10-8-13(21)9-11-14/h3-12,17H,1-2H3,(H,25,29). The van der Waals surface area contributed by atoms with Crippen LogP contribution in [0.1, 0.15) is 0 Å². The molecule has 0 fully saturated rings. The van der Waals surface area contributed by atoms with Gasteiger partial charge in [0.15, 0.2) is 0 Å². The second kappa shape index (κ2) is 8.44. The average Bonchev–Trinajstić information content (AvgIpc) is 2.69. The second-order valence-corrected chi connectivity index (χ2v) is 6.48. The first kappa shape index (κ1) is 21.2. The highest BCUT2D eigenvalue weighted by atomic mass is 19.4. The van der Waals surface area contributed by atoms with Gasteiger partial charge >= 0.3 is 6.30 Å². The molecule has 10 heteroatoms. The summed E-state index contributed by atoms with van der Waals surface area (Å²) < 4.78 is 60.3. The molecule has 3 rings (SSSR count). The zero-order valence-electron chi connectivity index (χ0n) is 16.0. The molecule has 1 atom stereocenters.